The fraction of sp³-hybridized carbons (Fsp3) is 0.889. The Balaban J connectivity index is 2.15. The molecular weight excluding hydrogens is 170 g/mol. The summed E-state index contributed by atoms with van der Waals surface area (Å²) in [6, 6.07) is 0.447. The van der Waals surface area contributed by atoms with E-state index >= 15 is 0 Å². The molecule has 0 aliphatic carbocycles. The number of hydrogen-bond donors (Lipinski definition) is 1. The van der Waals surface area contributed by atoms with Crippen LogP contribution in [0.1, 0.15) is 26.2 Å². The topological polar surface area (TPSA) is 29.1 Å². The van der Waals surface area contributed by atoms with Crippen molar-refractivity contribution in [3.8, 4) is 0 Å². The van der Waals surface area contributed by atoms with Crippen LogP contribution in [0, 0.1) is 0 Å². The molecule has 1 N–H and O–H groups in total. The highest BCUT2D eigenvalue weighted by Gasteiger charge is 2.15. The van der Waals surface area contributed by atoms with Crippen molar-refractivity contribution in [2.75, 3.05) is 18.1 Å². The third kappa shape index (κ3) is 3.59. The largest absolute Gasteiger partial charge is 0.312 e. The number of rotatable bonds is 4. The van der Waals surface area contributed by atoms with Crippen LogP contribution < -0.4 is 5.32 Å². The fourth-order valence-corrected chi connectivity index (χ4v) is 2.36. The van der Waals surface area contributed by atoms with Crippen LogP contribution in [-0.4, -0.2) is 29.9 Å². The molecule has 1 rings (SSSR count). The highest BCUT2D eigenvalue weighted by atomic mass is 32.2. The maximum absolute atomic E-state index is 11.3. The van der Waals surface area contributed by atoms with Crippen molar-refractivity contribution in [1.29, 1.82) is 0 Å². The molecule has 0 spiro atoms. The van der Waals surface area contributed by atoms with Crippen LogP contribution in [-0.2, 0) is 4.79 Å². The van der Waals surface area contributed by atoms with Crippen molar-refractivity contribution in [2.45, 2.75) is 32.2 Å². The van der Waals surface area contributed by atoms with E-state index in [-0.39, 0.29) is 0 Å². The summed E-state index contributed by atoms with van der Waals surface area (Å²) in [5.74, 6) is 2.71. The average Bonchev–Trinajstić information content (AvgIpc) is 2.06. The van der Waals surface area contributed by atoms with E-state index in [1.807, 2.05) is 11.8 Å². The zero-order chi connectivity index (χ0) is 8.81. The van der Waals surface area contributed by atoms with E-state index in [1.165, 1.54) is 5.75 Å². The van der Waals surface area contributed by atoms with Gasteiger partial charge in [-0.05, 0) is 6.42 Å². The first-order chi connectivity index (χ1) is 5.83. The lowest BCUT2D eigenvalue weighted by atomic mass is 10.1. The fourth-order valence-electron chi connectivity index (χ4n) is 1.41. The molecule has 2 nitrogen and oxygen atoms in total. The summed E-state index contributed by atoms with van der Waals surface area (Å²) >= 11 is 1.95. The van der Waals surface area contributed by atoms with Gasteiger partial charge in [-0.2, -0.15) is 11.8 Å². The predicted molar refractivity (Wildman–Crippen MR) is 53.6 cm³/mol. The van der Waals surface area contributed by atoms with Gasteiger partial charge in [-0.1, -0.05) is 6.92 Å². The van der Waals surface area contributed by atoms with Gasteiger partial charge < -0.3 is 5.32 Å². The zero-order valence-corrected chi connectivity index (χ0v) is 8.45. The summed E-state index contributed by atoms with van der Waals surface area (Å²) in [4.78, 5) is 11.3. The first-order valence-electron chi connectivity index (χ1n) is 4.65. The molecule has 1 unspecified atom stereocenters. The minimum Gasteiger partial charge on any atom is -0.312 e. The minimum absolute atomic E-state index is 0.414. The second-order valence-electron chi connectivity index (χ2n) is 3.22. The molecule has 1 aliphatic heterocycles. The number of Topliss-reactive ketones (excluding diaryl/α,β-unsaturated/α-hetero) is 1. The van der Waals surface area contributed by atoms with Crippen molar-refractivity contribution in [3.05, 3.63) is 0 Å². The van der Waals surface area contributed by atoms with Crippen LogP contribution in [0.3, 0.4) is 0 Å². The van der Waals surface area contributed by atoms with E-state index in [9.17, 15) is 4.79 Å². The van der Waals surface area contributed by atoms with Gasteiger partial charge in [0.15, 0.2) is 0 Å². The average molecular weight is 187 g/mol. The molecule has 0 aromatic carbocycles. The summed E-state index contributed by atoms with van der Waals surface area (Å²) in [6.45, 7) is 3.12. The Hall–Kier alpha value is -0.0200. The Labute approximate surface area is 78.5 Å². The Morgan fingerprint density at radius 2 is 2.50 bits per heavy atom. The standard InChI is InChI=1S/C9H17NOS/c1-2-3-9(11)6-8-7-12-5-4-10-8/h8,10H,2-7H2,1H3. The van der Waals surface area contributed by atoms with Gasteiger partial charge in [-0.25, -0.2) is 0 Å². The van der Waals surface area contributed by atoms with Crippen molar-refractivity contribution in [3.63, 3.8) is 0 Å². The molecule has 1 fully saturated rings. The van der Waals surface area contributed by atoms with E-state index in [0.717, 1.165) is 31.6 Å². The van der Waals surface area contributed by atoms with Gasteiger partial charge in [0.2, 0.25) is 0 Å². The van der Waals surface area contributed by atoms with E-state index in [4.69, 9.17) is 0 Å². The lowest BCUT2D eigenvalue weighted by Crippen LogP contribution is -2.38. The summed E-state index contributed by atoms with van der Waals surface area (Å²) < 4.78 is 0. The number of thioether (sulfide) groups is 1. The van der Waals surface area contributed by atoms with Crippen LogP contribution in [0.4, 0.5) is 0 Å². The monoisotopic (exact) mass is 187 g/mol. The third-order valence-corrected chi connectivity index (χ3v) is 3.13. The van der Waals surface area contributed by atoms with Crippen molar-refractivity contribution in [1.82, 2.24) is 5.32 Å². The van der Waals surface area contributed by atoms with E-state index in [1.54, 1.807) is 0 Å². The Kier molecular flexibility index (Phi) is 4.69. The molecule has 1 atom stereocenters. The first-order valence-corrected chi connectivity index (χ1v) is 5.81. The molecule has 3 heteroatoms. The van der Waals surface area contributed by atoms with E-state index in [0.29, 0.717) is 11.8 Å². The highest BCUT2D eigenvalue weighted by Crippen LogP contribution is 2.11. The maximum Gasteiger partial charge on any atom is 0.134 e. The molecular formula is C9H17NOS. The maximum atomic E-state index is 11.3. The van der Waals surface area contributed by atoms with Crippen molar-refractivity contribution >= 4 is 17.5 Å². The second-order valence-corrected chi connectivity index (χ2v) is 4.37. The quantitative estimate of drug-likeness (QED) is 0.722. The number of ketones is 1. The van der Waals surface area contributed by atoms with E-state index < -0.39 is 0 Å². The molecule has 0 bridgehead atoms. The Bertz CT molecular complexity index is 143. The van der Waals surface area contributed by atoms with Gasteiger partial charge in [-0.3, -0.25) is 4.79 Å². The second kappa shape index (κ2) is 5.60. The highest BCUT2D eigenvalue weighted by molar-refractivity contribution is 7.99. The molecule has 1 saturated heterocycles. The van der Waals surface area contributed by atoms with Gasteiger partial charge in [0.1, 0.15) is 5.78 Å². The number of nitrogens with one attached hydrogen (secondary N) is 1. The molecule has 0 amide bonds. The van der Waals surface area contributed by atoms with Crippen molar-refractivity contribution < 1.29 is 4.79 Å². The molecule has 1 aliphatic rings. The molecule has 1 heterocycles. The summed E-state index contributed by atoms with van der Waals surface area (Å²) in [5, 5.41) is 3.37. The molecule has 0 saturated carbocycles. The SMILES string of the molecule is CCCC(=O)CC1CSCCN1. The molecule has 0 aromatic rings. The van der Waals surface area contributed by atoms with Crippen LogP contribution in [0.2, 0.25) is 0 Å². The lowest BCUT2D eigenvalue weighted by Gasteiger charge is -2.22. The Morgan fingerprint density at radius 1 is 1.67 bits per heavy atom. The summed E-state index contributed by atoms with van der Waals surface area (Å²) in [6.07, 6.45) is 2.47. The Morgan fingerprint density at radius 3 is 3.08 bits per heavy atom. The predicted octanol–water partition coefficient (Wildman–Crippen LogP) is 1.45. The molecule has 0 aromatic heterocycles. The van der Waals surface area contributed by atoms with Crippen LogP contribution in [0.15, 0.2) is 0 Å². The normalized spacial score (nSPS) is 23.9. The smallest absolute Gasteiger partial charge is 0.134 e. The summed E-state index contributed by atoms with van der Waals surface area (Å²) in [5.41, 5.74) is 0. The van der Waals surface area contributed by atoms with Gasteiger partial charge in [0, 0.05) is 36.9 Å². The number of carbonyl (C=O) groups excluding carboxylic acids is 1. The number of carbonyl (C=O) groups is 1. The van der Waals surface area contributed by atoms with Gasteiger partial charge >= 0.3 is 0 Å². The molecule has 0 radical (unpaired) electrons. The minimum atomic E-state index is 0.414. The molecule has 70 valence electrons. The van der Waals surface area contributed by atoms with E-state index in [2.05, 4.69) is 12.2 Å². The lowest BCUT2D eigenvalue weighted by molar-refractivity contribution is -0.119. The van der Waals surface area contributed by atoms with Gasteiger partial charge in [0.25, 0.3) is 0 Å². The first kappa shape index (κ1) is 10.1. The van der Waals surface area contributed by atoms with Gasteiger partial charge in [-0.15, -0.1) is 0 Å². The zero-order valence-electron chi connectivity index (χ0n) is 7.64. The third-order valence-electron chi connectivity index (χ3n) is 2.00. The van der Waals surface area contributed by atoms with Crippen LogP contribution >= 0.6 is 11.8 Å². The summed E-state index contributed by atoms with van der Waals surface area (Å²) in [7, 11) is 0. The molecule has 12 heavy (non-hydrogen) atoms. The van der Waals surface area contributed by atoms with Crippen LogP contribution in [0.5, 0.6) is 0 Å². The van der Waals surface area contributed by atoms with Gasteiger partial charge in [0.05, 0.1) is 0 Å². The van der Waals surface area contributed by atoms with Crippen molar-refractivity contribution in [2.24, 2.45) is 0 Å². The van der Waals surface area contributed by atoms with Crippen LogP contribution in [0.25, 0.3) is 0 Å². The number of hydrogen-bond acceptors (Lipinski definition) is 3.